The van der Waals surface area contributed by atoms with E-state index in [4.69, 9.17) is 10.2 Å². The van der Waals surface area contributed by atoms with E-state index in [1.54, 1.807) is 6.07 Å². The third kappa shape index (κ3) is 4.99. The molecule has 4 heterocycles. The second-order valence-electron chi connectivity index (χ2n) is 12.9. The number of nitrogens with one attached hydrogen (secondary N) is 1. The molecule has 9 nitrogen and oxygen atoms in total. The molecule has 2 aliphatic carbocycles. The third-order valence-electron chi connectivity index (χ3n) is 9.97. The number of aryl methyl sites for hydroxylation is 2. The summed E-state index contributed by atoms with van der Waals surface area (Å²) < 4.78 is 23.7. The van der Waals surface area contributed by atoms with Crippen LogP contribution in [0.3, 0.4) is 0 Å². The van der Waals surface area contributed by atoms with E-state index < -0.39 is 5.82 Å². The van der Waals surface area contributed by atoms with E-state index >= 15 is 4.39 Å². The highest BCUT2D eigenvalue weighted by molar-refractivity contribution is 6.00. The topological polar surface area (TPSA) is 101 Å². The summed E-state index contributed by atoms with van der Waals surface area (Å²) >= 11 is 0. The summed E-state index contributed by atoms with van der Waals surface area (Å²) in [6.45, 7) is 8.80. The summed E-state index contributed by atoms with van der Waals surface area (Å²) in [5.41, 5.74) is 12.6. The molecular weight excluding hydrogens is 555 g/mol. The number of aromatic nitrogens is 4. The van der Waals surface area contributed by atoms with Gasteiger partial charge in [-0.25, -0.2) is 14.4 Å². The van der Waals surface area contributed by atoms with Crippen LogP contribution in [0.1, 0.15) is 55.7 Å². The molecule has 228 valence electrons. The van der Waals surface area contributed by atoms with Crippen LogP contribution < -0.4 is 11.1 Å². The number of hydrogen-bond donors (Lipinski definition) is 2. The van der Waals surface area contributed by atoms with Crippen molar-refractivity contribution in [1.29, 1.82) is 0 Å². The number of oxazole rings is 1. The molecule has 1 saturated heterocycles. The molecular formula is C34H39FN8O. The number of fused-ring (bicyclic) bond motifs is 2. The third-order valence-corrected chi connectivity index (χ3v) is 9.97. The van der Waals surface area contributed by atoms with Crippen molar-refractivity contribution < 1.29 is 8.81 Å². The standard InChI is InChI=1S/C34H39FN8O/c1-20-15-21(2)31-29(16-20)40-34(44-31)39-28-10-3-22(17-27(28)35)26-18-43(33-30(26)32(36)37-19-38-33)25-8-6-24(7-9-25)42-13-11-41(12-14-42)23-4-5-23/h3,10,15-19,23-25H,4-9,11-14H2,1-2H3,(H,39,40)(H2,36,37,38)/t24-,25+. The maximum absolute atomic E-state index is 15.6. The zero-order chi connectivity index (χ0) is 29.9. The van der Waals surface area contributed by atoms with Crippen LogP contribution in [-0.2, 0) is 0 Å². The zero-order valence-electron chi connectivity index (χ0n) is 25.4. The number of benzene rings is 2. The predicted molar refractivity (Wildman–Crippen MR) is 172 cm³/mol. The minimum Gasteiger partial charge on any atom is -0.423 e. The van der Waals surface area contributed by atoms with Gasteiger partial charge < -0.3 is 20.0 Å². The fourth-order valence-electron chi connectivity index (χ4n) is 7.54. The second-order valence-corrected chi connectivity index (χ2v) is 12.9. The highest BCUT2D eigenvalue weighted by atomic mass is 19.1. The van der Waals surface area contributed by atoms with Crippen molar-refractivity contribution in [3.05, 3.63) is 59.8 Å². The minimum atomic E-state index is -0.406. The van der Waals surface area contributed by atoms with Crippen LogP contribution in [0.2, 0.25) is 0 Å². The van der Waals surface area contributed by atoms with Gasteiger partial charge in [0.05, 0.1) is 11.1 Å². The van der Waals surface area contributed by atoms with Gasteiger partial charge in [-0.3, -0.25) is 9.80 Å². The van der Waals surface area contributed by atoms with Gasteiger partial charge in [0.25, 0.3) is 6.01 Å². The Morgan fingerprint density at radius 1 is 0.886 bits per heavy atom. The van der Waals surface area contributed by atoms with Crippen molar-refractivity contribution >= 4 is 39.7 Å². The van der Waals surface area contributed by atoms with E-state index in [9.17, 15) is 0 Å². The Kier molecular flexibility index (Phi) is 6.79. The van der Waals surface area contributed by atoms with Gasteiger partial charge in [-0.15, -0.1) is 0 Å². The van der Waals surface area contributed by atoms with Gasteiger partial charge in [0.15, 0.2) is 5.58 Å². The van der Waals surface area contributed by atoms with Gasteiger partial charge in [-0.05, 0) is 87.3 Å². The Hall–Kier alpha value is -4.02. The fourth-order valence-corrected chi connectivity index (χ4v) is 7.54. The molecule has 0 radical (unpaired) electrons. The highest BCUT2D eigenvalue weighted by Gasteiger charge is 2.34. The lowest BCUT2D eigenvalue weighted by atomic mass is 9.89. The van der Waals surface area contributed by atoms with Gasteiger partial charge in [-0.2, -0.15) is 4.98 Å². The van der Waals surface area contributed by atoms with Crippen molar-refractivity contribution in [2.45, 2.75) is 70.5 Å². The molecule has 0 bridgehead atoms. The van der Waals surface area contributed by atoms with Crippen molar-refractivity contribution in [3.8, 4) is 11.1 Å². The van der Waals surface area contributed by atoms with Crippen molar-refractivity contribution in [1.82, 2.24) is 29.3 Å². The minimum absolute atomic E-state index is 0.259. The van der Waals surface area contributed by atoms with Crippen LogP contribution in [0.15, 0.2) is 47.3 Å². The smallest absolute Gasteiger partial charge is 0.300 e. The van der Waals surface area contributed by atoms with Crippen molar-refractivity contribution in [2.24, 2.45) is 0 Å². The lowest BCUT2D eigenvalue weighted by Crippen LogP contribution is -2.51. The summed E-state index contributed by atoms with van der Waals surface area (Å²) in [7, 11) is 0. The number of piperazine rings is 1. The summed E-state index contributed by atoms with van der Waals surface area (Å²) in [4.78, 5) is 18.9. The number of nitrogens with two attached hydrogens (primary N) is 1. The van der Waals surface area contributed by atoms with E-state index in [1.165, 1.54) is 64.3 Å². The molecule has 8 rings (SSSR count). The molecule has 2 aromatic carbocycles. The summed E-state index contributed by atoms with van der Waals surface area (Å²) in [6.07, 6.45) is 10.9. The second kappa shape index (κ2) is 10.9. The van der Waals surface area contributed by atoms with Gasteiger partial charge >= 0.3 is 0 Å². The number of anilines is 3. The molecule has 0 atom stereocenters. The van der Waals surface area contributed by atoms with Gasteiger partial charge in [-0.1, -0.05) is 12.1 Å². The Morgan fingerprint density at radius 2 is 1.57 bits per heavy atom. The summed E-state index contributed by atoms with van der Waals surface area (Å²) in [5, 5.41) is 3.79. The normalized spacial score (nSPS) is 21.8. The first kappa shape index (κ1) is 27.5. The largest absolute Gasteiger partial charge is 0.423 e. The summed E-state index contributed by atoms with van der Waals surface area (Å²) in [6, 6.07) is 11.2. The average molecular weight is 595 g/mol. The maximum Gasteiger partial charge on any atom is 0.300 e. The molecule has 1 aliphatic heterocycles. The van der Waals surface area contributed by atoms with E-state index in [0.717, 1.165) is 57.7 Å². The van der Waals surface area contributed by atoms with Crippen LogP contribution >= 0.6 is 0 Å². The van der Waals surface area contributed by atoms with Crippen LogP contribution in [0.4, 0.5) is 21.9 Å². The van der Waals surface area contributed by atoms with Crippen molar-refractivity contribution in [3.63, 3.8) is 0 Å². The Morgan fingerprint density at radius 3 is 2.25 bits per heavy atom. The monoisotopic (exact) mass is 594 g/mol. The van der Waals surface area contributed by atoms with E-state index in [1.807, 2.05) is 32.0 Å². The molecule has 3 N–H and O–H groups in total. The Balaban J connectivity index is 1.02. The Bertz CT molecular complexity index is 1840. The lowest BCUT2D eigenvalue weighted by Gasteiger charge is -2.42. The molecule has 0 spiro atoms. The summed E-state index contributed by atoms with van der Waals surface area (Å²) in [5.74, 6) is 0.00184. The molecule has 3 fully saturated rings. The first-order valence-corrected chi connectivity index (χ1v) is 15.9. The number of nitrogens with zero attached hydrogens (tertiary/aromatic N) is 6. The molecule has 0 amide bonds. The van der Waals surface area contributed by atoms with Gasteiger partial charge in [0.2, 0.25) is 0 Å². The van der Waals surface area contributed by atoms with Gasteiger partial charge in [0, 0.05) is 56.1 Å². The molecule has 5 aromatic rings. The number of nitrogen functional groups attached to an aromatic ring is 1. The molecule has 3 aliphatic rings. The Labute approximate surface area is 256 Å². The quantitative estimate of drug-likeness (QED) is 0.227. The number of halogens is 1. The predicted octanol–water partition coefficient (Wildman–Crippen LogP) is 6.58. The SMILES string of the molecule is Cc1cc(C)c2oc(Nc3ccc(-c4cn([C@H]5CC[C@@H](N6CCN(C7CC7)CC6)CC5)c5ncnc(N)c45)cc3F)nc2c1. The van der Waals surface area contributed by atoms with Crippen LogP contribution in [-0.4, -0.2) is 67.6 Å². The van der Waals surface area contributed by atoms with Crippen molar-refractivity contribution in [2.75, 3.05) is 37.2 Å². The highest BCUT2D eigenvalue weighted by Crippen LogP contribution is 2.40. The molecule has 2 saturated carbocycles. The fraction of sp³-hybridized carbons (Fsp3) is 0.441. The van der Waals surface area contributed by atoms with Crippen LogP contribution in [0, 0.1) is 19.7 Å². The maximum atomic E-state index is 15.6. The number of hydrogen-bond acceptors (Lipinski definition) is 8. The number of rotatable bonds is 6. The molecule has 10 heteroatoms. The zero-order valence-corrected chi connectivity index (χ0v) is 25.4. The van der Waals surface area contributed by atoms with E-state index in [2.05, 4.69) is 40.8 Å². The first-order chi connectivity index (χ1) is 21.4. The lowest BCUT2D eigenvalue weighted by molar-refractivity contribution is 0.0684. The van der Waals surface area contributed by atoms with E-state index in [0.29, 0.717) is 29.2 Å². The average Bonchev–Trinajstić information content (AvgIpc) is 3.68. The van der Waals surface area contributed by atoms with E-state index in [-0.39, 0.29) is 6.01 Å². The van der Waals surface area contributed by atoms with Gasteiger partial charge in [0.1, 0.15) is 29.1 Å². The molecule has 44 heavy (non-hydrogen) atoms. The first-order valence-electron chi connectivity index (χ1n) is 15.9. The van der Waals surface area contributed by atoms with Crippen LogP contribution in [0.25, 0.3) is 33.3 Å². The van der Waals surface area contributed by atoms with Crippen LogP contribution in [0.5, 0.6) is 0 Å². The molecule has 0 unspecified atom stereocenters. The molecule has 3 aromatic heterocycles.